The minimum Gasteiger partial charge on any atom is -0.255 e. The second-order valence-electron chi connectivity index (χ2n) is 14.5. The quantitative estimate of drug-likeness (QED) is 0.181. The third-order valence-corrected chi connectivity index (χ3v) is 21.0. The molecule has 1 aliphatic heterocycles. The SMILES string of the molecule is c1ccc([Si]2(c3ccccc3)Cc3ccnc(c3)-c3cc(ccn3)C[Si](c3ccccc3)(c3ccccc3)Cc3ccnc(c3)-c3cc(ccn3)C2)cc1. The van der Waals surface area contributed by atoms with E-state index in [-0.39, 0.29) is 0 Å². The molecule has 1 aliphatic rings. The van der Waals surface area contributed by atoms with Crippen molar-refractivity contribution in [3.63, 3.8) is 0 Å². The maximum atomic E-state index is 4.95. The topological polar surface area (TPSA) is 51.6 Å². The van der Waals surface area contributed by atoms with Crippen molar-refractivity contribution in [3.8, 4) is 22.8 Å². The number of aromatic nitrogens is 4. The van der Waals surface area contributed by atoms with Gasteiger partial charge >= 0.3 is 0 Å². The van der Waals surface area contributed by atoms with Gasteiger partial charge in [0.25, 0.3) is 0 Å². The molecule has 0 radical (unpaired) electrons. The second-order valence-corrected chi connectivity index (χ2v) is 22.6. The second kappa shape index (κ2) is 14.7. The van der Waals surface area contributed by atoms with Gasteiger partial charge in [-0.25, -0.2) is 0 Å². The highest BCUT2D eigenvalue weighted by Gasteiger charge is 2.39. The van der Waals surface area contributed by atoms with E-state index in [1.54, 1.807) is 0 Å². The van der Waals surface area contributed by atoms with Gasteiger partial charge in [-0.3, -0.25) is 19.9 Å². The summed E-state index contributed by atoms with van der Waals surface area (Å²) >= 11 is 0. The van der Waals surface area contributed by atoms with E-state index in [0.717, 1.165) is 47.0 Å². The molecule has 0 N–H and O–H groups in total. The number of benzene rings is 4. The molecule has 0 unspecified atom stereocenters. The summed E-state index contributed by atoms with van der Waals surface area (Å²) in [7, 11) is -4.96. The van der Waals surface area contributed by atoms with Crippen molar-refractivity contribution in [1.29, 1.82) is 0 Å². The lowest BCUT2D eigenvalue weighted by Crippen LogP contribution is -2.62. The molecule has 54 heavy (non-hydrogen) atoms. The van der Waals surface area contributed by atoms with Crippen LogP contribution in [0, 0.1) is 0 Å². The minimum atomic E-state index is -2.48. The molecule has 0 amide bonds. The molecule has 0 saturated heterocycles. The Bertz CT molecular complexity index is 2160. The van der Waals surface area contributed by atoms with Crippen LogP contribution in [0.1, 0.15) is 22.3 Å². The predicted molar refractivity (Wildman–Crippen MR) is 226 cm³/mol. The van der Waals surface area contributed by atoms with Crippen molar-refractivity contribution >= 4 is 36.9 Å². The highest BCUT2D eigenvalue weighted by atomic mass is 28.3. The number of hydrogen-bond donors (Lipinski definition) is 0. The van der Waals surface area contributed by atoms with E-state index in [1.165, 1.54) is 43.0 Å². The van der Waals surface area contributed by atoms with Crippen LogP contribution in [0.3, 0.4) is 0 Å². The third kappa shape index (κ3) is 6.66. The van der Waals surface area contributed by atoms with Gasteiger partial charge in [-0.1, -0.05) is 142 Å². The first-order valence-corrected chi connectivity index (χ1v) is 23.5. The van der Waals surface area contributed by atoms with Gasteiger partial charge in [0.2, 0.25) is 0 Å². The van der Waals surface area contributed by atoms with Crippen LogP contribution < -0.4 is 20.7 Å². The van der Waals surface area contributed by atoms with Crippen LogP contribution >= 0.6 is 0 Å². The molecule has 6 heteroatoms. The lowest BCUT2D eigenvalue weighted by Gasteiger charge is -2.34. The third-order valence-electron chi connectivity index (χ3n) is 11.2. The van der Waals surface area contributed by atoms with Crippen molar-refractivity contribution in [2.24, 2.45) is 0 Å². The fraction of sp³-hybridized carbons (Fsp3) is 0.0833. The first kappa shape index (κ1) is 33.7. The monoisotopic (exact) mass is 728 g/mol. The largest absolute Gasteiger partial charge is 0.255 e. The summed E-state index contributed by atoms with van der Waals surface area (Å²) in [5.41, 5.74) is 8.74. The van der Waals surface area contributed by atoms with Gasteiger partial charge in [0, 0.05) is 24.8 Å². The molecular weight excluding hydrogens is 689 g/mol. The zero-order valence-electron chi connectivity index (χ0n) is 30.1. The molecule has 0 spiro atoms. The van der Waals surface area contributed by atoms with Crippen molar-refractivity contribution in [1.82, 2.24) is 19.9 Å². The van der Waals surface area contributed by atoms with E-state index in [4.69, 9.17) is 19.9 Å². The molecule has 5 heterocycles. The van der Waals surface area contributed by atoms with Gasteiger partial charge in [0.1, 0.15) is 16.1 Å². The van der Waals surface area contributed by atoms with Crippen molar-refractivity contribution in [2.45, 2.75) is 24.2 Å². The summed E-state index contributed by atoms with van der Waals surface area (Å²) < 4.78 is 0. The lowest BCUT2D eigenvalue weighted by atomic mass is 10.1. The number of fused-ring (bicyclic) bond motifs is 10. The average molecular weight is 729 g/mol. The van der Waals surface area contributed by atoms with Crippen LogP contribution in [0.4, 0.5) is 0 Å². The van der Waals surface area contributed by atoms with E-state index < -0.39 is 16.1 Å². The van der Waals surface area contributed by atoms with E-state index >= 15 is 0 Å². The highest BCUT2D eigenvalue weighted by molar-refractivity contribution is 7.02. The van der Waals surface area contributed by atoms with Gasteiger partial charge in [0.15, 0.2) is 0 Å². The molecule has 4 aromatic heterocycles. The Morgan fingerprint density at radius 3 is 0.722 bits per heavy atom. The van der Waals surface area contributed by atoms with Crippen molar-refractivity contribution in [2.75, 3.05) is 0 Å². The molecule has 0 atom stereocenters. The number of pyridine rings is 4. The minimum absolute atomic E-state index is 0.913. The number of hydrogen-bond acceptors (Lipinski definition) is 4. The normalized spacial score (nSPS) is 14.7. The highest BCUT2D eigenvalue weighted by Crippen LogP contribution is 2.27. The Labute approximate surface area is 319 Å². The smallest absolute Gasteiger partial charge is 0.126 e. The summed E-state index contributed by atoms with van der Waals surface area (Å²) in [6.45, 7) is 0. The fourth-order valence-corrected chi connectivity index (χ4v) is 18.1. The fourth-order valence-electron chi connectivity index (χ4n) is 8.59. The Morgan fingerprint density at radius 1 is 0.278 bits per heavy atom. The van der Waals surface area contributed by atoms with Crippen LogP contribution in [0.15, 0.2) is 195 Å². The van der Waals surface area contributed by atoms with Gasteiger partial charge < -0.3 is 0 Å². The molecule has 0 aliphatic carbocycles. The van der Waals surface area contributed by atoms with Gasteiger partial charge in [-0.15, -0.1) is 0 Å². The standard InChI is InChI=1S/C48H40N4Si2/c1-5-13-41(14-6-1)53(42-15-7-2-8-16-42)33-37-21-25-49-45(29-37)47-31-39(23-27-51-47)35-54(43-17-9-3-10-18-43,44-19-11-4-12-20-44)36-40-24-28-52-48(32-40)46-30-38(34-53)22-26-50-46/h1-32H,33-36H2. The predicted octanol–water partition coefficient (Wildman–Crippen LogP) is 7.17. The van der Waals surface area contributed by atoms with Crippen LogP contribution in [0.2, 0.25) is 0 Å². The Hall–Kier alpha value is -6.09. The van der Waals surface area contributed by atoms with E-state index in [9.17, 15) is 0 Å². The first-order chi connectivity index (χ1) is 26.7. The first-order valence-electron chi connectivity index (χ1n) is 18.7. The number of nitrogens with zero attached hydrogens (tertiary/aromatic N) is 4. The zero-order chi connectivity index (χ0) is 36.2. The average Bonchev–Trinajstić information content (AvgIpc) is 3.24. The molecule has 4 aromatic carbocycles. The summed E-state index contributed by atoms with van der Waals surface area (Å²) in [4.78, 5) is 19.8. The van der Waals surface area contributed by atoms with Crippen LogP contribution in [-0.2, 0) is 24.2 Å². The maximum Gasteiger partial charge on any atom is 0.126 e. The molecule has 9 rings (SSSR count). The van der Waals surface area contributed by atoms with Crippen LogP contribution in [0.5, 0.6) is 0 Å². The molecule has 4 nitrogen and oxygen atoms in total. The molecule has 260 valence electrons. The Balaban J connectivity index is 1.28. The summed E-state index contributed by atoms with van der Waals surface area (Å²) in [5.74, 6) is 0. The molecule has 8 aromatic rings. The van der Waals surface area contributed by atoms with Crippen LogP contribution in [0.25, 0.3) is 22.8 Å². The van der Waals surface area contributed by atoms with Crippen molar-refractivity contribution in [3.05, 3.63) is 217 Å². The summed E-state index contributed by atoms with van der Waals surface area (Å²) in [6, 6.07) is 66.3. The Kier molecular flexibility index (Phi) is 9.21. The van der Waals surface area contributed by atoms with E-state index in [2.05, 4.69) is 170 Å². The molecule has 8 bridgehead atoms. The molecule has 0 fully saturated rings. The van der Waals surface area contributed by atoms with E-state index in [0.29, 0.717) is 0 Å². The van der Waals surface area contributed by atoms with Gasteiger partial charge in [-0.2, -0.15) is 0 Å². The maximum absolute atomic E-state index is 4.95. The zero-order valence-corrected chi connectivity index (χ0v) is 32.1. The molecule has 0 saturated carbocycles. The van der Waals surface area contributed by atoms with Crippen LogP contribution in [-0.4, -0.2) is 36.1 Å². The van der Waals surface area contributed by atoms with Gasteiger partial charge in [0.05, 0.1) is 22.8 Å². The summed E-state index contributed by atoms with van der Waals surface area (Å²) in [6.07, 6.45) is 7.90. The van der Waals surface area contributed by atoms with Gasteiger partial charge in [-0.05, 0) is 95.0 Å². The number of rotatable bonds is 4. The lowest BCUT2D eigenvalue weighted by molar-refractivity contribution is 1.15. The van der Waals surface area contributed by atoms with Crippen molar-refractivity contribution < 1.29 is 0 Å². The summed E-state index contributed by atoms with van der Waals surface area (Å²) in [5, 5.41) is 5.63. The Morgan fingerprint density at radius 2 is 0.500 bits per heavy atom. The van der Waals surface area contributed by atoms with E-state index in [1.807, 2.05) is 24.8 Å². The molecular formula is C48H40N4Si2.